The molecule has 1 atom stereocenters. The van der Waals surface area contributed by atoms with Crippen LogP contribution in [0.15, 0.2) is 42.5 Å². The highest BCUT2D eigenvalue weighted by Crippen LogP contribution is 2.30. The number of nitrogens with one attached hydrogen (secondary N) is 1. The molecule has 1 N–H and O–H groups in total. The SMILES string of the molecule is O=C1COc2cc(C(=O)N3CCOC(c4ccc(F)cc4)C3)ccc2N1. The van der Waals surface area contributed by atoms with Crippen LogP contribution in [0.5, 0.6) is 5.75 Å². The Morgan fingerprint density at radius 3 is 2.81 bits per heavy atom. The van der Waals surface area contributed by atoms with E-state index >= 15 is 0 Å². The summed E-state index contributed by atoms with van der Waals surface area (Å²) in [6, 6.07) is 11.1. The van der Waals surface area contributed by atoms with Gasteiger partial charge in [0.1, 0.15) is 17.7 Å². The normalized spacial score (nSPS) is 19.3. The van der Waals surface area contributed by atoms with Gasteiger partial charge in [-0.15, -0.1) is 0 Å². The maximum atomic E-state index is 13.1. The van der Waals surface area contributed by atoms with Crippen LogP contribution in [0.25, 0.3) is 0 Å². The van der Waals surface area contributed by atoms with Gasteiger partial charge in [0, 0.05) is 12.1 Å². The molecule has 2 aromatic carbocycles. The summed E-state index contributed by atoms with van der Waals surface area (Å²) >= 11 is 0. The van der Waals surface area contributed by atoms with Gasteiger partial charge < -0.3 is 19.7 Å². The number of carbonyl (C=O) groups is 2. The highest BCUT2D eigenvalue weighted by atomic mass is 19.1. The minimum atomic E-state index is -0.307. The van der Waals surface area contributed by atoms with E-state index in [-0.39, 0.29) is 30.3 Å². The lowest BCUT2D eigenvalue weighted by molar-refractivity contribution is -0.118. The highest BCUT2D eigenvalue weighted by Gasteiger charge is 2.27. The fourth-order valence-corrected chi connectivity index (χ4v) is 3.10. The van der Waals surface area contributed by atoms with Crippen molar-refractivity contribution < 1.29 is 23.5 Å². The van der Waals surface area contributed by atoms with Crippen LogP contribution >= 0.6 is 0 Å². The fraction of sp³-hybridized carbons (Fsp3) is 0.263. The first kappa shape index (κ1) is 16.5. The number of amides is 2. The van der Waals surface area contributed by atoms with E-state index in [9.17, 15) is 14.0 Å². The Kier molecular flexibility index (Phi) is 4.30. The van der Waals surface area contributed by atoms with Crippen molar-refractivity contribution >= 4 is 17.5 Å². The van der Waals surface area contributed by atoms with Gasteiger partial charge in [-0.3, -0.25) is 9.59 Å². The molecule has 2 aliphatic heterocycles. The summed E-state index contributed by atoms with van der Waals surface area (Å²) in [5.41, 5.74) is 1.88. The van der Waals surface area contributed by atoms with Gasteiger partial charge >= 0.3 is 0 Å². The summed E-state index contributed by atoms with van der Waals surface area (Å²) in [7, 11) is 0. The summed E-state index contributed by atoms with van der Waals surface area (Å²) in [6.07, 6.45) is -0.290. The number of halogens is 1. The number of fused-ring (bicyclic) bond motifs is 1. The third-order valence-corrected chi connectivity index (χ3v) is 4.46. The smallest absolute Gasteiger partial charge is 0.262 e. The van der Waals surface area contributed by atoms with Gasteiger partial charge in [-0.25, -0.2) is 4.39 Å². The molecule has 0 saturated carbocycles. The molecule has 2 aromatic rings. The molecule has 0 spiro atoms. The van der Waals surface area contributed by atoms with E-state index < -0.39 is 0 Å². The fourth-order valence-electron chi connectivity index (χ4n) is 3.10. The van der Waals surface area contributed by atoms with E-state index in [0.29, 0.717) is 36.7 Å². The largest absolute Gasteiger partial charge is 0.482 e. The number of carbonyl (C=O) groups excluding carboxylic acids is 2. The number of rotatable bonds is 2. The number of anilines is 1. The maximum Gasteiger partial charge on any atom is 0.262 e. The Morgan fingerprint density at radius 2 is 2.00 bits per heavy atom. The number of hydrogen-bond acceptors (Lipinski definition) is 4. The Morgan fingerprint density at radius 1 is 1.19 bits per heavy atom. The highest BCUT2D eigenvalue weighted by molar-refractivity contribution is 5.99. The van der Waals surface area contributed by atoms with Gasteiger partial charge in [0.2, 0.25) is 0 Å². The molecular formula is C19H17FN2O4. The van der Waals surface area contributed by atoms with Crippen LogP contribution in [-0.2, 0) is 9.53 Å². The van der Waals surface area contributed by atoms with Crippen LogP contribution in [0.1, 0.15) is 22.0 Å². The first-order chi connectivity index (χ1) is 12.6. The second-order valence-corrected chi connectivity index (χ2v) is 6.21. The second-order valence-electron chi connectivity index (χ2n) is 6.21. The van der Waals surface area contributed by atoms with E-state index in [1.165, 1.54) is 12.1 Å². The lowest BCUT2D eigenvalue weighted by Gasteiger charge is -2.33. The molecule has 4 rings (SSSR count). The molecular weight excluding hydrogens is 339 g/mol. The first-order valence-electron chi connectivity index (χ1n) is 8.33. The van der Waals surface area contributed by atoms with Crippen LogP contribution in [0.3, 0.4) is 0 Å². The van der Waals surface area contributed by atoms with Gasteiger partial charge in [0.05, 0.1) is 18.8 Å². The van der Waals surface area contributed by atoms with E-state index in [2.05, 4.69) is 5.32 Å². The summed E-state index contributed by atoms with van der Waals surface area (Å²) < 4.78 is 24.2. The van der Waals surface area contributed by atoms with Gasteiger partial charge in [-0.05, 0) is 35.9 Å². The van der Waals surface area contributed by atoms with Gasteiger partial charge in [-0.2, -0.15) is 0 Å². The average Bonchev–Trinajstić information content (AvgIpc) is 2.67. The monoisotopic (exact) mass is 356 g/mol. The van der Waals surface area contributed by atoms with Crippen molar-refractivity contribution in [3.63, 3.8) is 0 Å². The molecule has 1 fully saturated rings. The zero-order chi connectivity index (χ0) is 18.1. The quantitative estimate of drug-likeness (QED) is 0.897. The van der Waals surface area contributed by atoms with Gasteiger partial charge in [-0.1, -0.05) is 12.1 Å². The predicted molar refractivity (Wildman–Crippen MR) is 91.6 cm³/mol. The summed E-state index contributed by atoms with van der Waals surface area (Å²) in [5, 5.41) is 2.70. The molecule has 0 aromatic heterocycles. The third kappa shape index (κ3) is 3.25. The minimum Gasteiger partial charge on any atom is -0.482 e. The predicted octanol–water partition coefficient (Wildman–Crippen LogP) is 2.37. The number of nitrogens with zero attached hydrogens (tertiary/aromatic N) is 1. The van der Waals surface area contributed by atoms with Crippen molar-refractivity contribution in [1.82, 2.24) is 4.90 Å². The molecule has 2 heterocycles. The van der Waals surface area contributed by atoms with Crippen molar-refractivity contribution in [2.24, 2.45) is 0 Å². The van der Waals surface area contributed by atoms with Gasteiger partial charge in [0.25, 0.3) is 11.8 Å². The van der Waals surface area contributed by atoms with Crippen molar-refractivity contribution in [2.75, 3.05) is 31.6 Å². The summed E-state index contributed by atoms with van der Waals surface area (Å²) in [4.78, 5) is 25.9. The molecule has 0 aliphatic carbocycles. The Labute approximate surface area is 149 Å². The summed E-state index contributed by atoms with van der Waals surface area (Å²) in [5.74, 6) is -0.173. The molecule has 2 aliphatic rings. The van der Waals surface area contributed by atoms with E-state index in [1.807, 2.05) is 0 Å². The van der Waals surface area contributed by atoms with E-state index in [1.54, 1.807) is 35.2 Å². The molecule has 1 unspecified atom stereocenters. The number of hydrogen-bond donors (Lipinski definition) is 1. The average molecular weight is 356 g/mol. The molecule has 0 bridgehead atoms. The lowest BCUT2D eigenvalue weighted by Crippen LogP contribution is -2.42. The van der Waals surface area contributed by atoms with Crippen LogP contribution in [0.4, 0.5) is 10.1 Å². The van der Waals surface area contributed by atoms with Crippen LogP contribution in [0.2, 0.25) is 0 Å². The number of ether oxygens (including phenoxy) is 2. The molecule has 6 nitrogen and oxygen atoms in total. The van der Waals surface area contributed by atoms with E-state index in [0.717, 1.165) is 5.56 Å². The van der Waals surface area contributed by atoms with Crippen LogP contribution in [0, 0.1) is 5.82 Å². The first-order valence-corrected chi connectivity index (χ1v) is 8.33. The zero-order valence-electron chi connectivity index (χ0n) is 13.9. The topological polar surface area (TPSA) is 67.9 Å². The molecule has 26 heavy (non-hydrogen) atoms. The lowest BCUT2D eigenvalue weighted by atomic mass is 10.1. The molecule has 0 radical (unpaired) electrons. The number of morpholine rings is 1. The van der Waals surface area contributed by atoms with Crippen molar-refractivity contribution in [1.29, 1.82) is 0 Å². The summed E-state index contributed by atoms with van der Waals surface area (Å²) in [6.45, 7) is 1.21. The second kappa shape index (κ2) is 6.76. The van der Waals surface area contributed by atoms with Crippen molar-refractivity contribution in [3.05, 3.63) is 59.4 Å². The van der Waals surface area contributed by atoms with Gasteiger partial charge in [0.15, 0.2) is 6.61 Å². The Bertz CT molecular complexity index is 853. The maximum absolute atomic E-state index is 13.1. The number of benzene rings is 2. The molecule has 134 valence electrons. The van der Waals surface area contributed by atoms with Crippen molar-refractivity contribution in [3.8, 4) is 5.75 Å². The molecule has 1 saturated heterocycles. The standard InChI is InChI=1S/C19H17FN2O4/c20-14-4-1-12(2-5-14)17-10-22(7-8-25-17)19(24)13-3-6-15-16(9-13)26-11-18(23)21-15/h1-6,9,17H,7-8,10-11H2,(H,21,23). The van der Waals surface area contributed by atoms with Crippen molar-refractivity contribution in [2.45, 2.75) is 6.10 Å². The Hall–Kier alpha value is -2.93. The molecule has 2 amide bonds. The Balaban J connectivity index is 1.51. The minimum absolute atomic E-state index is 0.0607. The van der Waals surface area contributed by atoms with Crippen LogP contribution < -0.4 is 10.1 Å². The zero-order valence-corrected chi connectivity index (χ0v) is 13.9. The molecule has 7 heteroatoms. The van der Waals surface area contributed by atoms with Crippen LogP contribution in [-0.4, -0.2) is 43.0 Å². The third-order valence-electron chi connectivity index (χ3n) is 4.46. The van der Waals surface area contributed by atoms with E-state index in [4.69, 9.17) is 9.47 Å².